The number of methoxy groups -OCH3 is 2. The van der Waals surface area contributed by atoms with E-state index in [2.05, 4.69) is 10.0 Å². The van der Waals surface area contributed by atoms with E-state index >= 15 is 0 Å². The molecule has 4 rings (SSSR count). The van der Waals surface area contributed by atoms with E-state index in [9.17, 15) is 5.11 Å². The van der Waals surface area contributed by atoms with Crippen molar-refractivity contribution in [3.8, 4) is 11.5 Å². The number of aryl methyl sites for hydroxylation is 2. The van der Waals surface area contributed by atoms with E-state index < -0.39 is 0 Å². The normalized spacial score (nSPS) is 19.8. The van der Waals surface area contributed by atoms with Gasteiger partial charge in [0.15, 0.2) is 0 Å². The summed E-state index contributed by atoms with van der Waals surface area (Å²) in [5.41, 5.74) is 13.2. The molecule has 0 saturated heterocycles. The first kappa shape index (κ1) is 20.1. The lowest BCUT2D eigenvalue weighted by Crippen LogP contribution is -2.08. The molecule has 0 radical (unpaired) electrons. The van der Waals surface area contributed by atoms with Crippen LogP contribution in [0.5, 0.6) is 11.5 Å². The van der Waals surface area contributed by atoms with Gasteiger partial charge in [0, 0.05) is 4.91 Å². The molecule has 2 aliphatic rings. The van der Waals surface area contributed by atoms with Crippen LogP contribution in [0.3, 0.4) is 0 Å². The number of azide groups is 1. The smallest absolute Gasteiger partial charge is 0.119 e. The van der Waals surface area contributed by atoms with Crippen molar-refractivity contribution in [3.05, 3.63) is 69.1 Å². The standard InChI is InChI=1S/C11H13N3O.C11H14O2/c1-15-9-5-6-10-8(7-9)3-2-4-11(10)13-14-12;1-13-9-5-6-10-8(7-9)3-2-4-11(10)12/h5-7,11H,2-4H2,1H3;5-7,11-12H,2-4H2,1H3. The fourth-order valence-corrected chi connectivity index (χ4v) is 3.97. The number of rotatable bonds is 3. The summed E-state index contributed by atoms with van der Waals surface area (Å²) in [6.07, 6.45) is 5.82. The van der Waals surface area contributed by atoms with Gasteiger partial charge in [-0.05, 0) is 90.6 Å². The van der Waals surface area contributed by atoms with Gasteiger partial charge >= 0.3 is 0 Å². The second-order valence-corrected chi connectivity index (χ2v) is 7.15. The highest BCUT2D eigenvalue weighted by Gasteiger charge is 2.19. The van der Waals surface area contributed by atoms with E-state index in [-0.39, 0.29) is 12.1 Å². The number of aliphatic hydroxyl groups excluding tert-OH is 1. The number of fused-ring (bicyclic) bond motifs is 2. The monoisotopic (exact) mass is 381 g/mol. The number of benzene rings is 2. The molecule has 0 heterocycles. The number of nitrogens with zero attached hydrogens (tertiary/aromatic N) is 3. The third kappa shape index (κ3) is 4.58. The van der Waals surface area contributed by atoms with Crippen molar-refractivity contribution in [1.82, 2.24) is 0 Å². The molecule has 1 N–H and O–H groups in total. The summed E-state index contributed by atoms with van der Waals surface area (Å²) in [5.74, 6) is 1.75. The van der Waals surface area contributed by atoms with Gasteiger partial charge < -0.3 is 14.6 Å². The molecule has 0 aliphatic heterocycles. The van der Waals surface area contributed by atoms with Gasteiger partial charge in [-0.3, -0.25) is 0 Å². The Balaban J connectivity index is 0.000000162. The molecule has 6 heteroatoms. The van der Waals surface area contributed by atoms with Crippen LogP contribution in [0.2, 0.25) is 0 Å². The summed E-state index contributed by atoms with van der Waals surface area (Å²) in [5, 5.41) is 13.5. The van der Waals surface area contributed by atoms with E-state index in [1.54, 1.807) is 14.2 Å². The lowest BCUT2D eigenvalue weighted by atomic mass is 9.88. The van der Waals surface area contributed by atoms with E-state index in [4.69, 9.17) is 15.0 Å². The summed E-state index contributed by atoms with van der Waals surface area (Å²) < 4.78 is 10.3. The zero-order chi connectivity index (χ0) is 19.9. The topological polar surface area (TPSA) is 87.5 Å². The molecule has 2 aromatic carbocycles. The minimum absolute atomic E-state index is 0.00431. The summed E-state index contributed by atoms with van der Waals surface area (Å²) in [7, 11) is 3.33. The zero-order valence-electron chi connectivity index (χ0n) is 16.5. The van der Waals surface area contributed by atoms with Crippen molar-refractivity contribution in [3.63, 3.8) is 0 Å². The Labute approximate surface area is 165 Å². The summed E-state index contributed by atoms with van der Waals surface area (Å²) in [6, 6.07) is 11.9. The number of aliphatic hydroxyl groups is 1. The first-order valence-corrected chi connectivity index (χ1v) is 9.72. The molecule has 0 saturated carbocycles. The third-order valence-electron chi connectivity index (χ3n) is 5.46. The molecule has 0 amide bonds. The largest absolute Gasteiger partial charge is 0.497 e. The van der Waals surface area contributed by atoms with Crippen LogP contribution in [0.1, 0.15) is 60.1 Å². The highest BCUT2D eigenvalue weighted by molar-refractivity contribution is 5.39. The fourth-order valence-electron chi connectivity index (χ4n) is 3.97. The van der Waals surface area contributed by atoms with Gasteiger partial charge in [0.25, 0.3) is 0 Å². The lowest BCUT2D eigenvalue weighted by Gasteiger charge is -2.22. The number of hydrogen-bond donors (Lipinski definition) is 1. The molecule has 2 aliphatic carbocycles. The van der Waals surface area contributed by atoms with Gasteiger partial charge in [0.2, 0.25) is 0 Å². The Morgan fingerprint density at radius 3 is 2.11 bits per heavy atom. The van der Waals surface area contributed by atoms with Gasteiger partial charge in [-0.1, -0.05) is 17.2 Å². The molecule has 0 fully saturated rings. The van der Waals surface area contributed by atoms with Crippen LogP contribution in [0, 0.1) is 0 Å². The Kier molecular flexibility index (Phi) is 6.80. The average molecular weight is 381 g/mol. The van der Waals surface area contributed by atoms with E-state index in [0.29, 0.717) is 0 Å². The van der Waals surface area contributed by atoms with Crippen molar-refractivity contribution in [2.24, 2.45) is 5.11 Å². The van der Waals surface area contributed by atoms with Crippen LogP contribution in [-0.4, -0.2) is 19.3 Å². The second kappa shape index (κ2) is 9.49. The maximum atomic E-state index is 9.68. The van der Waals surface area contributed by atoms with Gasteiger partial charge in [0.05, 0.1) is 26.4 Å². The molecule has 0 spiro atoms. The van der Waals surface area contributed by atoms with Gasteiger partial charge in [-0.2, -0.15) is 0 Å². The molecule has 2 unspecified atom stereocenters. The molecular weight excluding hydrogens is 354 g/mol. The summed E-state index contributed by atoms with van der Waals surface area (Å²) in [6.45, 7) is 0. The first-order valence-electron chi connectivity index (χ1n) is 9.72. The third-order valence-corrected chi connectivity index (χ3v) is 5.46. The van der Waals surface area contributed by atoms with Crippen LogP contribution in [0.15, 0.2) is 41.5 Å². The maximum Gasteiger partial charge on any atom is 0.119 e. The molecule has 6 nitrogen and oxygen atoms in total. The lowest BCUT2D eigenvalue weighted by molar-refractivity contribution is 0.156. The highest BCUT2D eigenvalue weighted by Crippen LogP contribution is 2.34. The quantitative estimate of drug-likeness (QED) is 0.436. The summed E-state index contributed by atoms with van der Waals surface area (Å²) in [4.78, 5) is 2.89. The summed E-state index contributed by atoms with van der Waals surface area (Å²) >= 11 is 0. The highest BCUT2D eigenvalue weighted by atomic mass is 16.5. The molecule has 0 bridgehead atoms. The number of ether oxygens (including phenoxy) is 2. The number of hydrogen-bond acceptors (Lipinski definition) is 4. The fraction of sp³-hybridized carbons (Fsp3) is 0.455. The Hall–Kier alpha value is -2.69. The van der Waals surface area contributed by atoms with Crippen molar-refractivity contribution in [2.75, 3.05) is 14.2 Å². The van der Waals surface area contributed by atoms with Crippen LogP contribution in [0.4, 0.5) is 0 Å². The van der Waals surface area contributed by atoms with Crippen molar-refractivity contribution in [2.45, 2.75) is 50.7 Å². The molecule has 2 aromatic rings. The molecule has 148 valence electrons. The van der Waals surface area contributed by atoms with Crippen LogP contribution in [0.25, 0.3) is 10.4 Å². The van der Waals surface area contributed by atoms with E-state index in [1.807, 2.05) is 36.4 Å². The van der Waals surface area contributed by atoms with Crippen LogP contribution >= 0.6 is 0 Å². The molecular formula is C22H27N3O3. The predicted molar refractivity (Wildman–Crippen MR) is 109 cm³/mol. The van der Waals surface area contributed by atoms with Crippen molar-refractivity contribution < 1.29 is 14.6 Å². The molecule has 2 atom stereocenters. The van der Waals surface area contributed by atoms with Crippen LogP contribution < -0.4 is 9.47 Å². The van der Waals surface area contributed by atoms with Crippen LogP contribution in [-0.2, 0) is 12.8 Å². The SMILES string of the molecule is COc1ccc2c(c1)CCCC2N=[N+]=[N-].COc1ccc2c(c1)CCCC2O. The maximum absolute atomic E-state index is 9.68. The van der Waals surface area contributed by atoms with E-state index in [1.165, 1.54) is 11.1 Å². The van der Waals surface area contributed by atoms with Gasteiger partial charge in [-0.15, -0.1) is 0 Å². The van der Waals surface area contributed by atoms with Gasteiger partial charge in [0.1, 0.15) is 11.5 Å². The Bertz CT molecular complexity index is 862. The average Bonchev–Trinajstić information content (AvgIpc) is 2.74. The van der Waals surface area contributed by atoms with Crippen molar-refractivity contribution >= 4 is 0 Å². The second-order valence-electron chi connectivity index (χ2n) is 7.15. The Morgan fingerprint density at radius 1 is 0.929 bits per heavy atom. The predicted octanol–water partition coefficient (Wildman–Crippen LogP) is 5.45. The van der Waals surface area contributed by atoms with Gasteiger partial charge in [-0.25, -0.2) is 0 Å². The van der Waals surface area contributed by atoms with Crippen molar-refractivity contribution in [1.29, 1.82) is 0 Å². The first-order chi connectivity index (χ1) is 13.7. The Morgan fingerprint density at radius 2 is 1.50 bits per heavy atom. The minimum Gasteiger partial charge on any atom is -0.497 e. The zero-order valence-corrected chi connectivity index (χ0v) is 16.5. The molecule has 28 heavy (non-hydrogen) atoms. The van der Waals surface area contributed by atoms with E-state index in [0.717, 1.165) is 61.2 Å². The minimum atomic E-state index is -0.269. The molecule has 0 aromatic heterocycles.